The second kappa shape index (κ2) is 6.81. The lowest BCUT2D eigenvalue weighted by Gasteiger charge is -2.12. The highest BCUT2D eigenvalue weighted by Gasteiger charge is 2.22. The first-order chi connectivity index (χ1) is 9.91. The van der Waals surface area contributed by atoms with Crippen LogP contribution < -0.4 is 0 Å². The van der Waals surface area contributed by atoms with Crippen molar-refractivity contribution < 1.29 is 9.18 Å². The van der Waals surface area contributed by atoms with Crippen molar-refractivity contribution in [1.82, 2.24) is 14.7 Å². The standard InChI is InChI=1S/C14H14Br2FN3O/c1-19(2)6-7-20-13(11(16)8-18-20)14(21)9-4-3-5-10(15)12(9)17/h3-5,8H,6-7H2,1-2H3. The maximum absolute atomic E-state index is 14.1. The molecule has 0 unspecified atom stereocenters. The first-order valence-electron chi connectivity index (χ1n) is 6.26. The molecule has 7 heteroatoms. The van der Waals surface area contributed by atoms with Gasteiger partial charge in [-0.1, -0.05) is 6.07 Å². The number of rotatable bonds is 5. The van der Waals surface area contributed by atoms with Crippen molar-refractivity contribution in [3.63, 3.8) is 0 Å². The number of benzene rings is 1. The molecule has 0 bridgehead atoms. The minimum Gasteiger partial charge on any atom is -0.308 e. The summed E-state index contributed by atoms with van der Waals surface area (Å²) in [6.07, 6.45) is 1.55. The van der Waals surface area contributed by atoms with Crippen molar-refractivity contribution in [1.29, 1.82) is 0 Å². The summed E-state index contributed by atoms with van der Waals surface area (Å²) in [7, 11) is 3.88. The average molecular weight is 419 g/mol. The molecule has 1 heterocycles. The minimum absolute atomic E-state index is 0.0247. The van der Waals surface area contributed by atoms with Crippen molar-refractivity contribution in [3.05, 3.63) is 50.4 Å². The summed E-state index contributed by atoms with van der Waals surface area (Å²) in [4.78, 5) is 14.6. The molecule has 0 aliphatic carbocycles. The number of carbonyl (C=O) groups is 1. The van der Waals surface area contributed by atoms with Crippen molar-refractivity contribution in [2.45, 2.75) is 6.54 Å². The van der Waals surface area contributed by atoms with E-state index in [0.29, 0.717) is 16.7 Å². The van der Waals surface area contributed by atoms with Crippen LogP contribution in [0.1, 0.15) is 16.1 Å². The Morgan fingerprint density at radius 3 is 2.71 bits per heavy atom. The Labute approximate surface area is 139 Å². The molecule has 0 aliphatic rings. The number of ketones is 1. The van der Waals surface area contributed by atoms with Gasteiger partial charge in [0.25, 0.3) is 0 Å². The highest BCUT2D eigenvalue weighted by Crippen LogP contribution is 2.24. The van der Waals surface area contributed by atoms with E-state index in [4.69, 9.17) is 0 Å². The lowest BCUT2D eigenvalue weighted by molar-refractivity contribution is 0.102. The molecule has 1 aromatic heterocycles. The first kappa shape index (κ1) is 16.3. The van der Waals surface area contributed by atoms with Gasteiger partial charge in [-0.05, 0) is 58.1 Å². The lowest BCUT2D eigenvalue weighted by Crippen LogP contribution is -2.22. The molecular weight excluding hydrogens is 405 g/mol. The molecule has 1 aromatic carbocycles. The van der Waals surface area contributed by atoms with Crippen LogP contribution in [0.3, 0.4) is 0 Å². The Kier molecular flexibility index (Phi) is 5.29. The monoisotopic (exact) mass is 417 g/mol. The topological polar surface area (TPSA) is 38.1 Å². The molecule has 0 N–H and O–H groups in total. The smallest absolute Gasteiger partial charge is 0.215 e. The lowest BCUT2D eigenvalue weighted by atomic mass is 10.1. The molecule has 21 heavy (non-hydrogen) atoms. The highest BCUT2D eigenvalue weighted by atomic mass is 79.9. The van der Waals surface area contributed by atoms with E-state index in [2.05, 4.69) is 37.0 Å². The van der Waals surface area contributed by atoms with E-state index in [-0.39, 0.29) is 10.0 Å². The summed E-state index contributed by atoms with van der Waals surface area (Å²) in [5.41, 5.74) is 0.380. The SMILES string of the molecule is CN(C)CCn1ncc(Br)c1C(=O)c1cccc(Br)c1F. The summed E-state index contributed by atoms with van der Waals surface area (Å²) < 4.78 is 16.5. The maximum atomic E-state index is 14.1. The van der Waals surface area contributed by atoms with Crippen LogP contribution in [0.25, 0.3) is 0 Å². The maximum Gasteiger partial charge on any atom is 0.215 e. The van der Waals surface area contributed by atoms with Crippen LogP contribution in [-0.2, 0) is 6.54 Å². The Morgan fingerprint density at radius 1 is 1.33 bits per heavy atom. The zero-order chi connectivity index (χ0) is 15.6. The zero-order valence-electron chi connectivity index (χ0n) is 11.6. The summed E-state index contributed by atoms with van der Waals surface area (Å²) in [6, 6.07) is 4.66. The van der Waals surface area contributed by atoms with Crippen molar-refractivity contribution in [3.8, 4) is 0 Å². The van der Waals surface area contributed by atoms with Gasteiger partial charge < -0.3 is 4.90 Å². The Bertz CT molecular complexity index is 670. The molecule has 2 aromatic rings. The first-order valence-corrected chi connectivity index (χ1v) is 7.85. The predicted octanol–water partition coefficient (Wildman–Crippen LogP) is 3.34. The Hall–Kier alpha value is -1.05. The summed E-state index contributed by atoms with van der Waals surface area (Å²) in [5, 5.41) is 4.17. The molecule has 4 nitrogen and oxygen atoms in total. The highest BCUT2D eigenvalue weighted by molar-refractivity contribution is 9.10. The van der Waals surface area contributed by atoms with Gasteiger partial charge in [0.05, 0.1) is 27.3 Å². The zero-order valence-corrected chi connectivity index (χ0v) is 14.8. The summed E-state index contributed by atoms with van der Waals surface area (Å²) >= 11 is 6.41. The second-order valence-electron chi connectivity index (χ2n) is 4.80. The number of aromatic nitrogens is 2. The van der Waals surface area contributed by atoms with E-state index in [1.807, 2.05) is 19.0 Å². The molecule has 0 fully saturated rings. The molecule has 0 saturated heterocycles. The van der Waals surface area contributed by atoms with Gasteiger partial charge in [-0.2, -0.15) is 5.10 Å². The van der Waals surface area contributed by atoms with Crippen LogP contribution in [-0.4, -0.2) is 41.1 Å². The predicted molar refractivity (Wildman–Crippen MR) is 86.0 cm³/mol. The molecule has 0 radical (unpaired) electrons. The Balaban J connectivity index is 2.39. The number of hydrogen-bond donors (Lipinski definition) is 0. The number of halogens is 3. The van der Waals surface area contributed by atoms with Crippen molar-refractivity contribution in [2.24, 2.45) is 0 Å². The molecule has 0 spiro atoms. The molecule has 0 amide bonds. The van der Waals surface area contributed by atoms with Gasteiger partial charge in [-0.15, -0.1) is 0 Å². The number of hydrogen-bond acceptors (Lipinski definition) is 3. The van der Waals surface area contributed by atoms with Gasteiger partial charge in [-0.3, -0.25) is 9.48 Å². The Morgan fingerprint density at radius 2 is 2.05 bits per heavy atom. The summed E-state index contributed by atoms with van der Waals surface area (Å²) in [6.45, 7) is 1.28. The number of carbonyl (C=O) groups excluding carboxylic acids is 1. The van der Waals surface area contributed by atoms with Crippen LogP contribution in [0.5, 0.6) is 0 Å². The largest absolute Gasteiger partial charge is 0.308 e. The summed E-state index contributed by atoms with van der Waals surface area (Å²) in [5.74, 6) is -0.952. The third-order valence-corrected chi connectivity index (χ3v) is 4.16. The minimum atomic E-state index is -0.560. The normalized spacial score (nSPS) is 11.1. The van der Waals surface area contributed by atoms with Crippen LogP contribution >= 0.6 is 31.9 Å². The van der Waals surface area contributed by atoms with Gasteiger partial charge in [0.1, 0.15) is 11.5 Å². The van der Waals surface area contributed by atoms with Gasteiger partial charge >= 0.3 is 0 Å². The van der Waals surface area contributed by atoms with Crippen molar-refractivity contribution >= 4 is 37.6 Å². The second-order valence-corrected chi connectivity index (χ2v) is 6.51. The van der Waals surface area contributed by atoms with E-state index in [9.17, 15) is 9.18 Å². The fourth-order valence-electron chi connectivity index (χ4n) is 1.86. The van der Waals surface area contributed by atoms with Gasteiger partial charge in [0, 0.05) is 6.54 Å². The fraction of sp³-hybridized carbons (Fsp3) is 0.286. The molecule has 0 saturated carbocycles. The molecule has 112 valence electrons. The van der Waals surface area contributed by atoms with E-state index in [1.165, 1.54) is 6.07 Å². The van der Waals surface area contributed by atoms with Gasteiger partial charge in [0.15, 0.2) is 0 Å². The van der Waals surface area contributed by atoms with E-state index >= 15 is 0 Å². The molecule has 2 rings (SSSR count). The van der Waals surface area contributed by atoms with Crippen LogP contribution in [0.15, 0.2) is 33.3 Å². The van der Waals surface area contributed by atoms with E-state index < -0.39 is 11.6 Å². The van der Waals surface area contributed by atoms with E-state index in [1.54, 1.807) is 23.0 Å². The molecule has 0 aliphatic heterocycles. The number of likely N-dealkylation sites (N-methyl/N-ethyl adjacent to an activating group) is 1. The van der Waals surface area contributed by atoms with E-state index in [0.717, 1.165) is 6.54 Å². The van der Waals surface area contributed by atoms with Crippen LogP contribution in [0.4, 0.5) is 4.39 Å². The molecule has 0 atom stereocenters. The quantitative estimate of drug-likeness (QED) is 0.699. The van der Waals surface area contributed by atoms with Crippen LogP contribution in [0, 0.1) is 5.82 Å². The van der Waals surface area contributed by atoms with Gasteiger partial charge in [-0.25, -0.2) is 4.39 Å². The third-order valence-electron chi connectivity index (χ3n) is 2.97. The fourth-order valence-corrected chi connectivity index (χ4v) is 2.70. The average Bonchev–Trinajstić information content (AvgIpc) is 2.80. The van der Waals surface area contributed by atoms with Crippen molar-refractivity contribution in [2.75, 3.05) is 20.6 Å². The number of nitrogens with zero attached hydrogens (tertiary/aromatic N) is 3. The van der Waals surface area contributed by atoms with Crippen LogP contribution in [0.2, 0.25) is 0 Å². The van der Waals surface area contributed by atoms with Gasteiger partial charge in [0.2, 0.25) is 5.78 Å². The third kappa shape index (κ3) is 3.59. The molecular formula is C14H14Br2FN3O.